The van der Waals surface area contributed by atoms with Gasteiger partial charge in [-0.05, 0) is 48.9 Å². The molecule has 140 valence electrons. The van der Waals surface area contributed by atoms with Crippen LogP contribution < -0.4 is 4.74 Å². The molecule has 0 N–H and O–H groups in total. The molecule has 4 rings (SSSR count). The number of aromatic nitrogens is 1. The number of nitrogens with zero attached hydrogens (tertiary/aromatic N) is 2. The van der Waals surface area contributed by atoms with Gasteiger partial charge in [-0.3, -0.25) is 0 Å². The van der Waals surface area contributed by atoms with E-state index in [4.69, 9.17) is 4.74 Å². The molecule has 1 atom stereocenters. The first kappa shape index (κ1) is 17.8. The van der Waals surface area contributed by atoms with Crippen molar-refractivity contribution in [2.24, 2.45) is 0 Å². The summed E-state index contributed by atoms with van der Waals surface area (Å²) in [5.74, 6) is 0.670. The molecule has 0 saturated carbocycles. The standard InChI is InChI=1S/C21H22N2O3S/c1-2-26-18-10-12-19(13-11-18)27(24,25)23-16-15-22-14-6-9-20(22)21(23)17-7-4-3-5-8-17/h3-14,21H,2,15-16H2,1H3. The second kappa shape index (κ2) is 7.21. The molecule has 0 saturated heterocycles. The lowest BCUT2D eigenvalue weighted by molar-refractivity contribution is 0.298. The Labute approximate surface area is 159 Å². The lowest BCUT2D eigenvalue weighted by atomic mass is 10.0. The third-order valence-corrected chi connectivity index (χ3v) is 6.73. The molecule has 5 nitrogen and oxygen atoms in total. The van der Waals surface area contributed by atoms with Crippen molar-refractivity contribution in [3.8, 4) is 5.75 Å². The largest absolute Gasteiger partial charge is 0.494 e. The highest BCUT2D eigenvalue weighted by Gasteiger charge is 2.37. The first-order valence-corrected chi connectivity index (χ1v) is 10.5. The van der Waals surface area contributed by atoms with Gasteiger partial charge in [-0.25, -0.2) is 8.42 Å². The molecule has 0 bridgehead atoms. The highest BCUT2D eigenvalue weighted by Crippen LogP contribution is 2.36. The third-order valence-electron chi connectivity index (χ3n) is 4.85. The molecule has 27 heavy (non-hydrogen) atoms. The van der Waals surface area contributed by atoms with E-state index in [-0.39, 0.29) is 10.9 Å². The van der Waals surface area contributed by atoms with E-state index in [0.29, 0.717) is 25.4 Å². The van der Waals surface area contributed by atoms with E-state index in [2.05, 4.69) is 4.57 Å². The molecule has 0 spiro atoms. The number of hydrogen-bond donors (Lipinski definition) is 0. The molecule has 1 unspecified atom stereocenters. The Hall–Kier alpha value is -2.57. The van der Waals surface area contributed by atoms with Gasteiger partial charge in [-0.15, -0.1) is 0 Å². The highest BCUT2D eigenvalue weighted by molar-refractivity contribution is 7.89. The van der Waals surface area contributed by atoms with Crippen molar-refractivity contribution in [3.05, 3.63) is 84.2 Å². The van der Waals surface area contributed by atoms with Crippen LogP contribution in [0.5, 0.6) is 5.75 Å². The van der Waals surface area contributed by atoms with Crippen LogP contribution >= 0.6 is 0 Å². The predicted octanol–water partition coefficient (Wildman–Crippen LogP) is 3.68. The van der Waals surface area contributed by atoms with E-state index in [1.807, 2.05) is 55.6 Å². The summed E-state index contributed by atoms with van der Waals surface area (Å²) < 4.78 is 36.1. The van der Waals surface area contributed by atoms with E-state index >= 15 is 0 Å². The lowest BCUT2D eigenvalue weighted by Crippen LogP contribution is -2.42. The van der Waals surface area contributed by atoms with Crippen LogP contribution in [0.15, 0.2) is 77.8 Å². The van der Waals surface area contributed by atoms with Gasteiger partial charge >= 0.3 is 0 Å². The number of ether oxygens (including phenoxy) is 1. The summed E-state index contributed by atoms with van der Waals surface area (Å²) in [4.78, 5) is 0.284. The van der Waals surface area contributed by atoms with E-state index < -0.39 is 10.0 Å². The minimum Gasteiger partial charge on any atom is -0.494 e. The van der Waals surface area contributed by atoms with Crippen LogP contribution in [0.25, 0.3) is 0 Å². The zero-order valence-electron chi connectivity index (χ0n) is 15.2. The maximum absolute atomic E-state index is 13.4. The van der Waals surface area contributed by atoms with Gasteiger partial charge in [-0.2, -0.15) is 4.31 Å². The Morgan fingerprint density at radius 2 is 1.70 bits per heavy atom. The highest BCUT2D eigenvalue weighted by atomic mass is 32.2. The Balaban J connectivity index is 1.76. The molecule has 1 aliphatic heterocycles. The van der Waals surface area contributed by atoms with E-state index in [9.17, 15) is 8.42 Å². The Kier molecular flexibility index (Phi) is 4.76. The maximum Gasteiger partial charge on any atom is 0.244 e. The van der Waals surface area contributed by atoms with Crippen molar-refractivity contribution >= 4 is 10.0 Å². The Morgan fingerprint density at radius 1 is 0.963 bits per heavy atom. The average molecular weight is 382 g/mol. The fraction of sp³-hybridized carbons (Fsp3) is 0.238. The van der Waals surface area contributed by atoms with Crippen LogP contribution in [-0.4, -0.2) is 30.4 Å². The predicted molar refractivity (Wildman–Crippen MR) is 104 cm³/mol. The second-order valence-corrected chi connectivity index (χ2v) is 8.35. The Bertz CT molecular complexity index is 1010. The van der Waals surface area contributed by atoms with Gasteiger partial charge in [0.15, 0.2) is 0 Å². The molecule has 1 aromatic heterocycles. The van der Waals surface area contributed by atoms with Crippen LogP contribution in [0.4, 0.5) is 0 Å². The van der Waals surface area contributed by atoms with Crippen LogP contribution in [0.1, 0.15) is 24.2 Å². The quantitative estimate of drug-likeness (QED) is 0.676. The molecule has 3 aromatic rings. The number of hydrogen-bond acceptors (Lipinski definition) is 3. The van der Waals surface area contributed by atoms with Gasteiger partial charge in [0, 0.05) is 25.0 Å². The minimum atomic E-state index is -3.65. The maximum atomic E-state index is 13.4. The fourth-order valence-electron chi connectivity index (χ4n) is 3.60. The summed E-state index contributed by atoms with van der Waals surface area (Å²) in [5.41, 5.74) is 1.95. The summed E-state index contributed by atoms with van der Waals surface area (Å²) in [6, 6.07) is 20.1. The van der Waals surface area contributed by atoms with Crippen molar-refractivity contribution in [1.82, 2.24) is 8.87 Å². The molecule has 0 aliphatic carbocycles. The number of sulfonamides is 1. The van der Waals surface area contributed by atoms with Gasteiger partial charge in [0.1, 0.15) is 5.75 Å². The molecule has 6 heteroatoms. The summed E-state index contributed by atoms with van der Waals surface area (Å²) in [7, 11) is -3.65. The summed E-state index contributed by atoms with van der Waals surface area (Å²) in [5, 5.41) is 0. The molecule has 0 amide bonds. The van der Waals surface area contributed by atoms with Crippen molar-refractivity contribution < 1.29 is 13.2 Å². The summed E-state index contributed by atoms with van der Waals surface area (Å²) in [6.07, 6.45) is 2.01. The smallest absolute Gasteiger partial charge is 0.244 e. The molecule has 0 fully saturated rings. The zero-order chi connectivity index (χ0) is 18.9. The Morgan fingerprint density at radius 3 is 2.41 bits per heavy atom. The van der Waals surface area contributed by atoms with Crippen molar-refractivity contribution in [2.75, 3.05) is 13.2 Å². The first-order chi connectivity index (χ1) is 13.1. The zero-order valence-corrected chi connectivity index (χ0v) is 16.0. The van der Waals surface area contributed by atoms with Crippen molar-refractivity contribution in [2.45, 2.75) is 24.4 Å². The van der Waals surface area contributed by atoms with Gasteiger partial charge in [0.25, 0.3) is 0 Å². The number of rotatable bonds is 5. The average Bonchev–Trinajstić information content (AvgIpc) is 3.17. The van der Waals surface area contributed by atoms with Gasteiger partial charge < -0.3 is 9.30 Å². The lowest BCUT2D eigenvalue weighted by Gasteiger charge is -2.36. The van der Waals surface area contributed by atoms with Crippen molar-refractivity contribution in [1.29, 1.82) is 0 Å². The van der Waals surface area contributed by atoms with E-state index in [0.717, 1.165) is 11.3 Å². The van der Waals surface area contributed by atoms with Crippen LogP contribution in [0.3, 0.4) is 0 Å². The van der Waals surface area contributed by atoms with Gasteiger partial charge in [0.05, 0.1) is 17.5 Å². The second-order valence-electron chi connectivity index (χ2n) is 6.46. The molecular formula is C21H22N2O3S. The van der Waals surface area contributed by atoms with Crippen molar-refractivity contribution in [3.63, 3.8) is 0 Å². The van der Waals surface area contributed by atoms with Gasteiger partial charge in [0.2, 0.25) is 10.0 Å². The monoisotopic (exact) mass is 382 g/mol. The number of fused-ring (bicyclic) bond motifs is 1. The molecule has 1 aliphatic rings. The SMILES string of the molecule is CCOc1ccc(S(=O)(=O)N2CCn3cccc3C2c2ccccc2)cc1. The van der Waals surface area contributed by atoms with Gasteiger partial charge in [-0.1, -0.05) is 30.3 Å². The topological polar surface area (TPSA) is 51.5 Å². The first-order valence-electron chi connectivity index (χ1n) is 9.06. The van der Waals surface area contributed by atoms with Crippen LogP contribution in [0.2, 0.25) is 0 Å². The van der Waals surface area contributed by atoms with Crippen LogP contribution in [-0.2, 0) is 16.6 Å². The fourth-order valence-corrected chi connectivity index (χ4v) is 5.18. The molecule has 2 aromatic carbocycles. The van der Waals surface area contributed by atoms with E-state index in [1.54, 1.807) is 28.6 Å². The normalized spacial score (nSPS) is 17.4. The molecule has 0 radical (unpaired) electrons. The summed E-state index contributed by atoms with van der Waals surface area (Å²) in [6.45, 7) is 3.52. The van der Waals surface area contributed by atoms with Crippen LogP contribution in [0, 0.1) is 0 Å². The summed E-state index contributed by atoms with van der Waals surface area (Å²) >= 11 is 0. The minimum absolute atomic E-state index is 0.284. The molecule has 2 heterocycles. The number of benzene rings is 2. The third kappa shape index (κ3) is 3.26. The van der Waals surface area contributed by atoms with E-state index in [1.165, 1.54) is 0 Å². The molecular weight excluding hydrogens is 360 g/mol.